The molecule has 0 saturated heterocycles. The number of amides is 2. The summed E-state index contributed by atoms with van der Waals surface area (Å²) in [5.74, 6) is -1.03. The number of carbonyl (C=O) groups is 2. The fourth-order valence-corrected chi connectivity index (χ4v) is 2.58. The van der Waals surface area contributed by atoms with Crippen molar-refractivity contribution in [3.8, 4) is 5.75 Å². The van der Waals surface area contributed by atoms with Crippen molar-refractivity contribution in [2.75, 3.05) is 18.4 Å². The number of nitrogens with one attached hydrogen (secondary N) is 1. The lowest BCUT2D eigenvalue weighted by atomic mass is 10.1. The third-order valence-electron chi connectivity index (χ3n) is 3.62. The maximum Gasteiger partial charge on any atom is 0.313 e. The molecule has 0 spiro atoms. The van der Waals surface area contributed by atoms with Gasteiger partial charge in [-0.15, -0.1) is 0 Å². The molecule has 0 aromatic heterocycles. The van der Waals surface area contributed by atoms with Gasteiger partial charge in [-0.3, -0.25) is 9.59 Å². The van der Waals surface area contributed by atoms with E-state index in [1.807, 2.05) is 13.8 Å². The van der Waals surface area contributed by atoms with Gasteiger partial charge in [0.1, 0.15) is 5.75 Å². The summed E-state index contributed by atoms with van der Waals surface area (Å²) in [5.41, 5.74) is 0.518. The van der Waals surface area contributed by atoms with Crippen molar-refractivity contribution < 1.29 is 14.7 Å². The summed E-state index contributed by atoms with van der Waals surface area (Å²) in [5, 5.41) is 13.9. The zero-order valence-electron chi connectivity index (χ0n) is 13.5. The van der Waals surface area contributed by atoms with Crippen molar-refractivity contribution in [1.29, 1.82) is 0 Å². The third-order valence-corrected chi connectivity index (χ3v) is 3.62. The molecule has 0 bridgehead atoms. The van der Waals surface area contributed by atoms with E-state index in [-0.39, 0.29) is 5.75 Å². The second kappa shape index (κ2) is 7.63. The van der Waals surface area contributed by atoms with E-state index in [1.165, 1.54) is 0 Å². The van der Waals surface area contributed by atoms with Gasteiger partial charge in [-0.25, -0.2) is 0 Å². The van der Waals surface area contributed by atoms with Crippen molar-refractivity contribution in [2.45, 2.75) is 26.7 Å². The van der Waals surface area contributed by atoms with Gasteiger partial charge < -0.3 is 15.3 Å². The van der Waals surface area contributed by atoms with Gasteiger partial charge in [-0.05, 0) is 25.0 Å². The fraction of sp³-hybridized carbons (Fsp3) is 0.333. The first-order valence-corrected chi connectivity index (χ1v) is 7.89. The third kappa shape index (κ3) is 3.80. The molecule has 5 nitrogen and oxygen atoms in total. The number of carbonyl (C=O) groups excluding carboxylic acids is 2. The van der Waals surface area contributed by atoms with Crippen molar-refractivity contribution >= 4 is 28.3 Å². The standard InChI is InChI=1S/C18H22N2O3/c1-3-11-20(12-4-2)18(23)17(22)19-15-9-5-8-14-13(15)7-6-10-16(14)21/h5-10,21H,3-4,11-12H2,1-2H3,(H,19,22). The van der Waals surface area contributed by atoms with Crippen LogP contribution in [0.5, 0.6) is 5.75 Å². The maximum atomic E-state index is 12.3. The molecule has 0 aliphatic heterocycles. The van der Waals surface area contributed by atoms with E-state index in [0.717, 1.165) is 12.8 Å². The Morgan fingerprint density at radius 1 is 1.00 bits per heavy atom. The molecule has 2 amide bonds. The van der Waals surface area contributed by atoms with E-state index in [1.54, 1.807) is 41.3 Å². The van der Waals surface area contributed by atoms with E-state index in [4.69, 9.17) is 0 Å². The molecule has 0 radical (unpaired) electrons. The van der Waals surface area contributed by atoms with Gasteiger partial charge in [0, 0.05) is 29.5 Å². The number of nitrogens with zero attached hydrogens (tertiary/aromatic N) is 1. The van der Waals surface area contributed by atoms with Crippen LogP contribution in [0.2, 0.25) is 0 Å². The lowest BCUT2D eigenvalue weighted by Crippen LogP contribution is -2.40. The molecule has 0 atom stereocenters. The second-order valence-electron chi connectivity index (χ2n) is 5.42. The van der Waals surface area contributed by atoms with Crippen molar-refractivity contribution in [3.63, 3.8) is 0 Å². The average Bonchev–Trinajstić information content (AvgIpc) is 2.55. The van der Waals surface area contributed by atoms with E-state index < -0.39 is 11.8 Å². The van der Waals surface area contributed by atoms with Crippen LogP contribution in [0.4, 0.5) is 5.69 Å². The van der Waals surface area contributed by atoms with Crippen LogP contribution < -0.4 is 5.32 Å². The van der Waals surface area contributed by atoms with Crippen LogP contribution in [0.25, 0.3) is 10.8 Å². The van der Waals surface area contributed by atoms with Gasteiger partial charge in [-0.2, -0.15) is 0 Å². The van der Waals surface area contributed by atoms with Crippen LogP contribution in [0, 0.1) is 0 Å². The smallest absolute Gasteiger partial charge is 0.313 e. The Hall–Kier alpha value is -2.56. The molecular formula is C18H22N2O3. The zero-order valence-corrected chi connectivity index (χ0v) is 13.5. The first-order chi connectivity index (χ1) is 11.1. The summed E-state index contributed by atoms with van der Waals surface area (Å²) in [6, 6.07) is 10.3. The number of phenols is 1. The lowest BCUT2D eigenvalue weighted by molar-refractivity contribution is -0.143. The van der Waals surface area contributed by atoms with Gasteiger partial charge >= 0.3 is 11.8 Å². The fourth-order valence-electron chi connectivity index (χ4n) is 2.58. The first-order valence-electron chi connectivity index (χ1n) is 7.89. The highest BCUT2D eigenvalue weighted by molar-refractivity contribution is 6.40. The van der Waals surface area contributed by atoms with Gasteiger partial charge in [0.05, 0.1) is 0 Å². The largest absolute Gasteiger partial charge is 0.507 e. The summed E-state index contributed by atoms with van der Waals surface area (Å²) in [7, 11) is 0. The van der Waals surface area contributed by atoms with Crippen molar-refractivity contribution in [3.05, 3.63) is 36.4 Å². The highest BCUT2D eigenvalue weighted by atomic mass is 16.3. The Labute approximate surface area is 135 Å². The molecule has 5 heteroatoms. The Balaban J connectivity index is 2.23. The molecule has 122 valence electrons. The molecule has 0 unspecified atom stereocenters. The van der Waals surface area contributed by atoms with E-state index >= 15 is 0 Å². The van der Waals surface area contributed by atoms with Gasteiger partial charge in [0.25, 0.3) is 0 Å². The van der Waals surface area contributed by atoms with Crippen molar-refractivity contribution in [2.24, 2.45) is 0 Å². The molecule has 2 aromatic carbocycles. The number of anilines is 1. The number of fused-ring (bicyclic) bond motifs is 1. The summed E-state index contributed by atoms with van der Waals surface area (Å²) < 4.78 is 0. The zero-order chi connectivity index (χ0) is 16.8. The van der Waals surface area contributed by atoms with Gasteiger partial charge in [-0.1, -0.05) is 38.1 Å². The van der Waals surface area contributed by atoms with E-state index in [0.29, 0.717) is 29.5 Å². The highest BCUT2D eigenvalue weighted by Gasteiger charge is 2.21. The molecule has 2 rings (SSSR count). The molecule has 0 fully saturated rings. The number of hydrogen-bond acceptors (Lipinski definition) is 3. The number of hydrogen-bond donors (Lipinski definition) is 2. The van der Waals surface area contributed by atoms with Crippen LogP contribution >= 0.6 is 0 Å². The van der Waals surface area contributed by atoms with Gasteiger partial charge in [0.2, 0.25) is 0 Å². The topological polar surface area (TPSA) is 69.6 Å². The second-order valence-corrected chi connectivity index (χ2v) is 5.42. The molecule has 0 heterocycles. The number of rotatable bonds is 5. The summed E-state index contributed by atoms with van der Waals surface area (Å²) >= 11 is 0. The van der Waals surface area contributed by atoms with Crippen molar-refractivity contribution in [1.82, 2.24) is 4.90 Å². The number of phenolic OH excluding ortho intramolecular Hbond substituents is 1. The average molecular weight is 314 g/mol. The summed E-state index contributed by atoms with van der Waals surface area (Å²) in [6.45, 7) is 5.08. The lowest BCUT2D eigenvalue weighted by Gasteiger charge is -2.20. The minimum atomic E-state index is -0.650. The minimum Gasteiger partial charge on any atom is -0.507 e. The summed E-state index contributed by atoms with van der Waals surface area (Å²) in [4.78, 5) is 26.1. The van der Waals surface area contributed by atoms with E-state index in [9.17, 15) is 14.7 Å². The van der Waals surface area contributed by atoms with Crippen LogP contribution in [-0.4, -0.2) is 34.9 Å². The quantitative estimate of drug-likeness (QED) is 0.833. The molecule has 23 heavy (non-hydrogen) atoms. The first kappa shape index (κ1) is 16.8. The van der Waals surface area contributed by atoms with Crippen LogP contribution in [0.1, 0.15) is 26.7 Å². The molecular weight excluding hydrogens is 292 g/mol. The summed E-state index contributed by atoms with van der Waals surface area (Å²) in [6.07, 6.45) is 1.61. The molecule has 2 aromatic rings. The number of benzene rings is 2. The Bertz CT molecular complexity index is 706. The Kier molecular flexibility index (Phi) is 5.57. The minimum absolute atomic E-state index is 0.142. The molecule has 0 aliphatic rings. The predicted molar refractivity (Wildman–Crippen MR) is 91.4 cm³/mol. The van der Waals surface area contributed by atoms with Gasteiger partial charge in [0.15, 0.2) is 0 Å². The molecule has 2 N–H and O–H groups in total. The maximum absolute atomic E-state index is 12.3. The van der Waals surface area contributed by atoms with Crippen LogP contribution in [-0.2, 0) is 9.59 Å². The Morgan fingerprint density at radius 2 is 1.61 bits per heavy atom. The Morgan fingerprint density at radius 3 is 2.26 bits per heavy atom. The van der Waals surface area contributed by atoms with Crippen LogP contribution in [0.15, 0.2) is 36.4 Å². The molecule has 0 aliphatic carbocycles. The SMILES string of the molecule is CCCN(CCC)C(=O)C(=O)Nc1cccc2c(O)cccc12. The molecule has 0 saturated carbocycles. The number of aromatic hydroxyl groups is 1. The van der Waals surface area contributed by atoms with Crippen LogP contribution in [0.3, 0.4) is 0 Å². The monoisotopic (exact) mass is 314 g/mol. The van der Waals surface area contributed by atoms with E-state index in [2.05, 4.69) is 5.32 Å². The highest BCUT2D eigenvalue weighted by Crippen LogP contribution is 2.29. The normalized spacial score (nSPS) is 10.5. The predicted octanol–water partition coefficient (Wildman–Crippen LogP) is 3.13.